The van der Waals surface area contributed by atoms with Crippen molar-refractivity contribution < 1.29 is 4.79 Å². The number of hydrogen-bond donors (Lipinski definition) is 1. The molecule has 6 aromatic rings. The number of carbonyl (C=O) groups excluding carboxylic acids is 1. The predicted molar refractivity (Wildman–Crippen MR) is 169 cm³/mol. The maximum atomic E-state index is 13.3. The van der Waals surface area contributed by atoms with Crippen LogP contribution in [0.5, 0.6) is 0 Å². The van der Waals surface area contributed by atoms with Crippen LogP contribution in [0.15, 0.2) is 132 Å². The highest BCUT2D eigenvalue weighted by Gasteiger charge is 2.20. The molecule has 208 valence electrons. The van der Waals surface area contributed by atoms with Gasteiger partial charge in [0, 0.05) is 17.5 Å². The van der Waals surface area contributed by atoms with E-state index in [1.165, 1.54) is 16.9 Å². The van der Waals surface area contributed by atoms with Crippen LogP contribution in [0.3, 0.4) is 0 Å². The van der Waals surface area contributed by atoms with Crippen molar-refractivity contribution in [3.05, 3.63) is 160 Å². The SMILES string of the molecule is O=C(NC(Cc1ccccc1)c1ccccc1)c1csc(CSc2nnc(Cc3ccccc3)n2-c2ccccc2)n1. The van der Waals surface area contributed by atoms with Crippen molar-refractivity contribution in [2.45, 2.75) is 29.8 Å². The minimum absolute atomic E-state index is 0.159. The fraction of sp³-hybridized carbons (Fsp3) is 0.118. The molecule has 0 saturated heterocycles. The van der Waals surface area contributed by atoms with Gasteiger partial charge in [-0.3, -0.25) is 9.36 Å². The van der Waals surface area contributed by atoms with Gasteiger partial charge in [0.1, 0.15) is 16.5 Å². The number of carbonyl (C=O) groups is 1. The van der Waals surface area contributed by atoms with Gasteiger partial charge in [0.05, 0.1) is 11.8 Å². The monoisotopic (exact) mass is 587 g/mol. The second kappa shape index (κ2) is 13.4. The van der Waals surface area contributed by atoms with Crippen LogP contribution in [0.4, 0.5) is 0 Å². The maximum absolute atomic E-state index is 13.3. The Morgan fingerprint density at radius 2 is 1.40 bits per heavy atom. The number of aromatic nitrogens is 4. The van der Waals surface area contributed by atoms with Crippen LogP contribution < -0.4 is 5.32 Å². The number of benzene rings is 4. The molecular weight excluding hydrogens is 559 g/mol. The maximum Gasteiger partial charge on any atom is 0.271 e. The summed E-state index contributed by atoms with van der Waals surface area (Å²) >= 11 is 3.05. The summed E-state index contributed by atoms with van der Waals surface area (Å²) in [5, 5.41) is 15.8. The highest BCUT2D eigenvalue weighted by Crippen LogP contribution is 2.28. The third-order valence-corrected chi connectivity index (χ3v) is 8.79. The lowest BCUT2D eigenvalue weighted by molar-refractivity contribution is 0.0932. The molecule has 2 heterocycles. The first-order chi connectivity index (χ1) is 20.7. The zero-order valence-electron chi connectivity index (χ0n) is 22.8. The lowest BCUT2D eigenvalue weighted by atomic mass is 9.99. The molecule has 0 fully saturated rings. The summed E-state index contributed by atoms with van der Waals surface area (Å²) < 4.78 is 2.10. The van der Waals surface area contributed by atoms with E-state index < -0.39 is 0 Å². The van der Waals surface area contributed by atoms with Crippen LogP contribution in [0.1, 0.15) is 44.1 Å². The fourth-order valence-electron chi connectivity index (χ4n) is 4.75. The smallest absolute Gasteiger partial charge is 0.271 e. The number of nitrogens with zero attached hydrogens (tertiary/aromatic N) is 4. The molecule has 0 spiro atoms. The normalized spacial score (nSPS) is 11.7. The minimum atomic E-state index is -0.176. The largest absolute Gasteiger partial charge is 0.344 e. The van der Waals surface area contributed by atoms with E-state index >= 15 is 0 Å². The summed E-state index contributed by atoms with van der Waals surface area (Å²) in [5.41, 5.74) is 4.85. The first kappa shape index (κ1) is 27.6. The Hall–Kier alpha value is -4.53. The van der Waals surface area contributed by atoms with Gasteiger partial charge in [-0.2, -0.15) is 0 Å². The van der Waals surface area contributed by atoms with Crippen molar-refractivity contribution >= 4 is 29.0 Å². The minimum Gasteiger partial charge on any atom is -0.344 e. The summed E-state index contributed by atoms with van der Waals surface area (Å²) in [5.74, 6) is 1.28. The molecule has 4 aromatic carbocycles. The summed E-state index contributed by atoms with van der Waals surface area (Å²) in [7, 11) is 0. The zero-order chi connectivity index (χ0) is 28.6. The molecule has 0 aliphatic rings. The van der Waals surface area contributed by atoms with Gasteiger partial charge in [0.15, 0.2) is 5.16 Å². The van der Waals surface area contributed by atoms with Crippen molar-refractivity contribution in [1.29, 1.82) is 0 Å². The molecule has 2 aromatic heterocycles. The molecule has 0 saturated carbocycles. The molecule has 1 amide bonds. The molecule has 8 heteroatoms. The number of para-hydroxylation sites is 1. The Bertz CT molecular complexity index is 1720. The number of rotatable bonds is 11. The van der Waals surface area contributed by atoms with Gasteiger partial charge < -0.3 is 5.32 Å². The van der Waals surface area contributed by atoms with E-state index in [1.807, 2.05) is 90.3 Å². The average Bonchev–Trinajstić information content (AvgIpc) is 3.69. The molecule has 6 rings (SSSR count). The third kappa shape index (κ3) is 6.84. The van der Waals surface area contributed by atoms with Crippen LogP contribution >= 0.6 is 23.1 Å². The van der Waals surface area contributed by atoms with Gasteiger partial charge in [-0.25, -0.2) is 4.98 Å². The van der Waals surface area contributed by atoms with Gasteiger partial charge in [0.25, 0.3) is 5.91 Å². The quantitative estimate of drug-likeness (QED) is 0.161. The van der Waals surface area contributed by atoms with Crippen LogP contribution in [0.2, 0.25) is 0 Å². The molecule has 42 heavy (non-hydrogen) atoms. The Kier molecular flexibility index (Phi) is 8.83. The highest BCUT2D eigenvalue weighted by molar-refractivity contribution is 7.98. The number of nitrogens with one attached hydrogen (secondary N) is 1. The Labute approximate surface area is 253 Å². The molecule has 0 radical (unpaired) electrons. The molecule has 1 unspecified atom stereocenters. The fourth-order valence-corrected chi connectivity index (χ4v) is 6.51. The molecule has 0 bridgehead atoms. The van der Waals surface area contributed by atoms with Crippen molar-refractivity contribution in [3.8, 4) is 5.69 Å². The van der Waals surface area contributed by atoms with Crippen LogP contribution in [-0.4, -0.2) is 25.7 Å². The predicted octanol–water partition coefficient (Wildman–Crippen LogP) is 7.32. The summed E-state index contributed by atoms with van der Waals surface area (Å²) in [6.07, 6.45) is 1.38. The first-order valence-electron chi connectivity index (χ1n) is 13.7. The van der Waals surface area contributed by atoms with E-state index in [9.17, 15) is 4.79 Å². The Morgan fingerprint density at radius 1 is 0.786 bits per heavy atom. The lowest BCUT2D eigenvalue weighted by Crippen LogP contribution is -2.30. The topological polar surface area (TPSA) is 72.7 Å². The molecular formula is C34H29N5OS2. The van der Waals surface area contributed by atoms with E-state index in [2.05, 4.69) is 61.5 Å². The molecule has 6 nitrogen and oxygen atoms in total. The van der Waals surface area contributed by atoms with Crippen LogP contribution in [0.25, 0.3) is 5.69 Å². The van der Waals surface area contributed by atoms with Crippen molar-refractivity contribution in [3.63, 3.8) is 0 Å². The molecule has 0 aliphatic heterocycles. The Balaban J connectivity index is 1.16. The third-order valence-electron chi connectivity index (χ3n) is 6.82. The van der Waals surface area contributed by atoms with Gasteiger partial charge in [0.2, 0.25) is 0 Å². The van der Waals surface area contributed by atoms with Crippen LogP contribution in [-0.2, 0) is 18.6 Å². The second-order valence-electron chi connectivity index (χ2n) is 9.77. The van der Waals surface area contributed by atoms with E-state index in [1.54, 1.807) is 11.8 Å². The zero-order valence-corrected chi connectivity index (χ0v) is 24.5. The van der Waals surface area contributed by atoms with Crippen LogP contribution in [0, 0.1) is 0 Å². The van der Waals surface area contributed by atoms with Gasteiger partial charge in [-0.1, -0.05) is 121 Å². The number of amides is 1. The standard InChI is InChI=1S/C34H29N5OS2/c40-33(36-29(27-17-9-3-10-18-27)21-25-13-5-1-6-14-25)30-23-41-32(35-30)24-42-34-38-37-31(22-26-15-7-2-8-16-26)39(34)28-19-11-4-12-20-28/h1-20,23,29H,21-22,24H2,(H,36,40). The van der Waals surface area contributed by atoms with Crippen molar-refractivity contribution in [2.24, 2.45) is 0 Å². The van der Waals surface area contributed by atoms with Crippen molar-refractivity contribution in [2.75, 3.05) is 0 Å². The first-order valence-corrected chi connectivity index (χ1v) is 15.6. The van der Waals surface area contributed by atoms with Crippen molar-refractivity contribution in [1.82, 2.24) is 25.1 Å². The summed E-state index contributed by atoms with van der Waals surface area (Å²) in [6, 6.07) is 40.6. The molecule has 0 aliphatic carbocycles. The van der Waals surface area contributed by atoms with Gasteiger partial charge in [-0.05, 0) is 35.2 Å². The van der Waals surface area contributed by atoms with E-state index in [-0.39, 0.29) is 11.9 Å². The van der Waals surface area contributed by atoms with E-state index in [0.29, 0.717) is 24.3 Å². The lowest BCUT2D eigenvalue weighted by Gasteiger charge is -2.19. The average molecular weight is 588 g/mol. The molecule has 1 N–H and O–H groups in total. The van der Waals surface area contributed by atoms with E-state index in [0.717, 1.165) is 32.8 Å². The molecule has 1 atom stereocenters. The van der Waals surface area contributed by atoms with Gasteiger partial charge in [-0.15, -0.1) is 21.5 Å². The van der Waals surface area contributed by atoms with E-state index in [4.69, 9.17) is 0 Å². The number of thioether (sulfide) groups is 1. The summed E-state index contributed by atoms with van der Waals surface area (Å²) in [6.45, 7) is 0. The number of thiazole rings is 1. The highest BCUT2D eigenvalue weighted by atomic mass is 32.2. The van der Waals surface area contributed by atoms with Gasteiger partial charge >= 0.3 is 0 Å². The Morgan fingerprint density at radius 3 is 2.10 bits per heavy atom. The second-order valence-corrected chi connectivity index (χ2v) is 11.7. The number of hydrogen-bond acceptors (Lipinski definition) is 6. The summed E-state index contributed by atoms with van der Waals surface area (Å²) in [4.78, 5) is 18.0.